The molecule has 0 bridgehead atoms. The van der Waals surface area contributed by atoms with Gasteiger partial charge in [-0.25, -0.2) is 4.52 Å². The summed E-state index contributed by atoms with van der Waals surface area (Å²) in [6.45, 7) is 2.79. The van der Waals surface area contributed by atoms with Gasteiger partial charge in [0.2, 0.25) is 5.95 Å². The van der Waals surface area contributed by atoms with Crippen molar-refractivity contribution in [2.24, 2.45) is 11.7 Å². The van der Waals surface area contributed by atoms with Crippen LogP contribution in [-0.2, 0) is 0 Å². The summed E-state index contributed by atoms with van der Waals surface area (Å²) in [4.78, 5) is 4.54. The Labute approximate surface area is 106 Å². The molecule has 96 valence electrons. The number of aromatic nitrogens is 3. The first kappa shape index (κ1) is 11.5. The molecule has 0 radical (unpaired) electrons. The largest absolute Gasteiger partial charge is 0.350 e. The van der Waals surface area contributed by atoms with Crippen LogP contribution in [0.3, 0.4) is 0 Å². The molecule has 0 saturated heterocycles. The third-order valence-corrected chi connectivity index (χ3v) is 3.83. The molecule has 1 aliphatic rings. The van der Waals surface area contributed by atoms with Crippen molar-refractivity contribution in [3.63, 3.8) is 0 Å². The molecule has 0 aliphatic heterocycles. The zero-order chi connectivity index (χ0) is 12.5. The number of rotatable bonds is 3. The molecule has 3 N–H and O–H groups in total. The minimum absolute atomic E-state index is 0.424. The Morgan fingerprint density at radius 1 is 1.50 bits per heavy atom. The molecule has 2 unspecified atom stereocenters. The lowest BCUT2D eigenvalue weighted by Gasteiger charge is -2.17. The first-order chi connectivity index (χ1) is 8.78. The van der Waals surface area contributed by atoms with Crippen LogP contribution in [-0.4, -0.2) is 27.2 Å². The molecule has 2 aromatic rings. The molecule has 1 aliphatic carbocycles. The molecule has 2 heterocycles. The highest BCUT2D eigenvalue weighted by molar-refractivity contribution is 5.50. The van der Waals surface area contributed by atoms with Gasteiger partial charge in [0.15, 0.2) is 5.65 Å². The molecule has 2 atom stereocenters. The Morgan fingerprint density at radius 2 is 2.39 bits per heavy atom. The molecule has 1 fully saturated rings. The summed E-state index contributed by atoms with van der Waals surface area (Å²) in [6, 6.07) is 4.46. The Kier molecular flexibility index (Phi) is 2.91. The summed E-state index contributed by atoms with van der Waals surface area (Å²) in [7, 11) is 0. The van der Waals surface area contributed by atoms with E-state index in [1.807, 2.05) is 29.8 Å². The van der Waals surface area contributed by atoms with E-state index in [-0.39, 0.29) is 0 Å². The summed E-state index contributed by atoms with van der Waals surface area (Å²) in [5.74, 6) is 1.27. The van der Waals surface area contributed by atoms with Crippen molar-refractivity contribution in [1.82, 2.24) is 14.6 Å². The second-order valence-corrected chi connectivity index (χ2v) is 5.07. The van der Waals surface area contributed by atoms with Gasteiger partial charge in [0.25, 0.3) is 0 Å². The molecule has 1 saturated carbocycles. The van der Waals surface area contributed by atoms with Gasteiger partial charge in [0.1, 0.15) is 0 Å². The quantitative estimate of drug-likeness (QED) is 0.861. The van der Waals surface area contributed by atoms with Crippen LogP contribution >= 0.6 is 0 Å². The fraction of sp³-hybridized carbons (Fsp3) is 0.538. The second-order valence-electron chi connectivity index (χ2n) is 5.07. The number of aryl methyl sites for hydroxylation is 1. The first-order valence-corrected chi connectivity index (χ1v) is 6.56. The molecular weight excluding hydrogens is 226 g/mol. The fourth-order valence-corrected chi connectivity index (χ4v) is 2.78. The van der Waals surface area contributed by atoms with Crippen LogP contribution in [0.4, 0.5) is 5.95 Å². The van der Waals surface area contributed by atoms with Gasteiger partial charge in [-0.2, -0.15) is 4.98 Å². The zero-order valence-electron chi connectivity index (χ0n) is 10.6. The van der Waals surface area contributed by atoms with Crippen LogP contribution in [0.1, 0.15) is 24.8 Å². The monoisotopic (exact) mass is 245 g/mol. The van der Waals surface area contributed by atoms with Crippen molar-refractivity contribution in [2.75, 3.05) is 11.9 Å². The van der Waals surface area contributed by atoms with Crippen molar-refractivity contribution in [3.8, 4) is 0 Å². The van der Waals surface area contributed by atoms with Crippen molar-refractivity contribution < 1.29 is 0 Å². The van der Waals surface area contributed by atoms with E-state index >= 15 is 0 Å². The first-order valence-electron chi connectivity index (χ1n) is 6.56. The van der Waals surface area contributed by atoms with Crippen molar-refractivity contribution in [1.29, 1.82) is 0 Å². The van der Waals surface area contributed by atoms with Crippen LogP contribution in [0.15, 0.2) is 18.3 Å². The molecular formula is C13H19N5. The van der Waals surface area contributed by atoms with Gasteiger partial charge < -0.3 is 11.1 Å². The summed E-state index contributed by atoms with van der Waals surface area (Å²) in [6.07, 6.45) is 5.54. The van der Waals surface area contributed by atoms with Crippen LogP contribution in [0.5, 0.6) is 0 Å². The van der Waals surface area contributed by atoms with E-state index in [0.717, 1.165) is 30.1 Å². The number of hydrogen-bond acceptors (Lipinski definition) is 4. The second kappa shape index (κ2) is 4.57. The van der Waals surface area contributed by atoms with E-state index in [0.29, 0.717) is 12.0 Å². The number of pyridine rings is 1. The Balaban J connectivity index is 1.84. The van der Waals surface area contributed by atoms with Crippen LogP contribution in [0, 0.1) is 12.8 Å². The van der Waals surface area contributed by atoms with Crippen LogP contribution < -0.4 is 11.1 Å². The molecule has 5 heteroatoms. The minimum Gasteiger partial charge on any atom is -0.350 e. The van der Waals surface area contributed by atoms with Gasteiger partial charge in [-0.05, 0) is 43.9 Å². The molecule has 3 rings (SSSR count). The van der Waals surface area contributed by atoms with Crippen LogP contribution in [0.2, 0.25) is 0 Å². The van der Waals surface area contributed by atoms with Crippen molar-refractivity contribution in [3.05, 3.63) is 23.9 Å². The smallest absolute Gasteiger partial charge is 0.243 e. The topological polar surface area (TPSA) is 68.2 Å². The van der Waals surface area contributed by atoms with E-state index in [9.17, 15) is 0 Å². The maximum atomic E-state index is 5.79. The van der Waals surface area contributed by atoms with E-state index in [1.54, 1.807) is 0 Å². The summed E-state index contributed by atoms with van der Waals surface area (Å²) in [5, 5.41) is 7.89. The maximum Gasteiger partial charge on any atom is 0.243 e. The lowest BCUT2D eigenvalue weighted by Crippen LogP contribution is -2.29. The van der Waals surface area contributed by atoms with Gasteiger partial charge in [-0.1, -0.05) is 12.5 Å². The highest BCUT2D eigenvalue weighted by atomic mass is 15.3. The lowest BCUT2D eigenvalue weighted by atomic mass is 10.0. The Morgan fingerprint density at radius 3 is 3.17 bits per heavy atom. The van der Waals surface area contributed by atoms with Gasteiger partial charge in [0.05, 0.1) is 0 Å². The van der Waals surface area contributed by atoms with E-state index in [1.165, 1.54) is 12.8 Å². The molecule has 18 heavy (non-hydrogen) atoms. The highest BCUT2D eigenvalue weighted by Gasteiger charge is 2.26. The molecule has 5 nitrogen and oxygen atoms in total. The normalized spacial score (nSPS) is 23.7. The third kappa shape index (κ3) is 1.95. The number of nitrogens with two attached hydrogens (primary N) is 1. The van der Waals surface area contributed by atoms with Gasteiger partial charge in [-0.3, -0.25) is 0 Å². The van der Waals surface area contributed by atoms with Crippen molar-refractivity contribution in [2.45, 2.75) is 32.2 Å². The number of hydrogen-bond donors (Lipinski definition) is 2. The fourth-order valence-electron chi connectivity index (χ4n) is 2.78. The third-order valence-electron chi connectivity index (χ3n) is 3.83. The van der Waals surface area contributed by atoms with E-state index in [4.69, 9.17) is 5.73 Å². The van der Waals surface area contributed by atoms with Gasteiger partial charge in [0, 0.05) is 12.2 Å². The maximum absolute atomic E-state index is 5.79. The SMILES string of the molecule is Cc1cccn2nc(NC3CCCC3CN)nc12. The van der Waals surface area contributed by atoms with Crippen LogP contribution in [0.25, 0.3) is 5.65 Å². The number of fused-ring (bicyclic) bond motifs is 1. The predicted molar refractivity (Wildman–Crippen MR) is 71.5 cm³/mol. The average Bonchev–Trinajstić information content (AvgIpc) is 2.96. The summed E-state index contributed by atoms with van der Waals surface area (Å²) >= 11 is 0. The lowest BCUT2D eigenvalue weighted by molar-refractivity contribution is 0.514. The molecule has 0 amide bonds. The zero-order valence-corrected chi connectivity index (χ0v) is 10.6. The number of nitrogens with zero attached hydrogens (tertiary/aromatic N) is 3. The molecule has 2 aromatic heterocycles. The highest BCUT2D eigenvalue weighted by Crippen LogP contribution is 2.27. The summed E-state index contributed by atoms with van der Waals surface area (Å²) < 4.78 is 1.82. The Hall–Kier alpha value is -1.62. The van der Waals surface area contributed by atoms with E-state index in [2.05, 4.69) is 15.4 Å². The van der Waals surface area contributed by atoms with Gasteiger partial charge in [-0.15, -0.1) is 5.10 Å². The number of anilines is 1. The Bertz CT molecular complexity index is 547. The average molecular weight is 245 g/mol. The van der Waals surface area contributed by atoms with Gasteiger partial charge >= 0.3 is 0 Å². The van der Waals surface area contributed by atoms with E-state index < -0.39 is 0 Å². The van der Waals surface area contributed by atoms with Crippen molar-refractivity contribution >= 4 is 11.6 Å². The molecule has 0 aromatic carbocycles. The standard InChI is InChI=1S/C13H19N5/c1-9-4-3-7-18-12(9)16-13(17-18)15-11-6-2-5-10(11)8-14/h3-4,7,10-11H,2,5-6,8,14H2,1H3,(H,15,17). The minimum atomic E-state index is 0.424. The molecule has 0 spiro atoms. The summed E-state index contributed by atoms with van der Waals surface area (Å²) in [5.41, 5.74) is 7.85. The predicted octanol–water partition coefficient (Wildman–Crippen LogP) is 1.58. The number of nitrogens with one attached hydrogen (secondary N) is 1.